The molecule has 1 aromatic carbocycles. The van der Waals surface area contributed by atoms with Gasteiger partial charge in [0, 0.05) is 11.4 Å². The molecule has 9 heteroatoms. The van der Waals surface area contributed by atoms with E-state index < -0.39 is 12.0 Å². The van der Waals surface area contributed by atoms with Gasteiger partial charge in [-0.3, -0.25) is 0 Å². The van der Waals surface area contributed by atoms with Crippen molar-refractivity contribution in [3.63, 3.8) is 0 Å². The molecule has 1 fully saturated rings. The fourth-order valence-electron chi connectivity index (χ4n) is 3.16. The van der Waals surface area contributed by atoms with Crippen LogP contribution in [0.2, 0.25) is 0 Å². The first-order chi connectivity index (χ1) is 12.3. The highest BCUT2D eigenvalue weighted by Crippen LogP contribution is 2.39. The standard InChI is InChI=1S/C17H20F3N3O3/c1-25-12-8-7-11-13(14(12)26-2)22-16(17(18,19)20)23-15(11)21-9-3-5-10(24)6-4-9/h7-10,24H,3-6H2,1-2H3,(H,21,22,23). The lowest BCUT2D eigenvalue weighted by atomic mass is 9.93. The predicted molar refractivity (Wildman–Crippen MR) is 89.5 cm³/mol. The normalized spacial score (nSPS) is 20.8. The molecule has 0 saturated heterocycles. The maximum Gasteiger partial charge on any atom is 0.451 e. The Hall–Kier alpha value is -2.29. The lowest BCUT2D eigenvalue weighted by Gasteiger charge is -2.27. The summed E-state index contributed by atoms with van der Waals surface area (Å²) in [6.45, 7) is 0. The molecule has 2 N–H and O–H groups in total. The molecular formula is C17H20F3N3O3. The van der Waals surface area contributed by atoms with Crippen LogP contribution in [0, 0.1) is 0 Å². The van der Waals surface area contributed by atoms with Crippen molar-refractivity contribution in [2.24, 2.45) is 0 Å². The number of nitrogens with one attached hydrogen (secondary N) is 1. The van der Waals surface area contributed by atoms with Crippen molar-refractivity contribution < 1.29 is 27.8 Å². The SMILES string of the molecule is COc1ccc2c(NC3CCC(O)CC3)nc(C(F)(F)F)nc2c1OC. The van der Waals surface area contributed by atoms with Crippen LogP contribution in [0.1, 0.15) is 31.5 Å². The Kier molecular flexibility index (Phi) is 5.08. The van der Waals surface area contributed by atoms with Crippen LogP contribution >= 0.6 is 0 Å². The van der Waals surface area contributed by atoms with Crippen LogP contribution in [0.15, 0.2) is 12.1 Å². The number of aliphatic hydroxyl groups excluding tert-OH is 1. The number of ether oxygens (including phenoxy) is 2. The Labute approximate surface area is 148 Å². The van der Waals surface area contributed by atoms with Crippen LogP contribution in [-0.4, -0.2) is 41.4 Å². The number of hydrogen-bond acceptors (Lipinski definition) is 6. The van der Waals surface area contributed by atoms with Gasteiger partial charge in [-0.15, -0.1) is 0 Å². The summed E-state index contributed by atoms with van der Waals surface area (Å²) in [5.41, 5.74) is 0.0347. The molecule has 1 saturated carbocycles. The van der Waals surface area contributed by atoms with Crippen molar-refractivity contribution in [3.8, 4) is 11.5 Å². The minimum Gasteiger partial charge on any atom is -0.493 e. The summed E-state index contributed by atoms with van der Waals surface area (Å²) in [5, 5.41) is 13.1. The zero-order valence-corrected chi connectivity index (χ0v) is 14.4. The van der Waals surface area contributed by atoms with Crippen LogP contribution in [0.3, 0.4) is 0 Å². The van der Waals surface area contributed by atoms with Gasteiger partial charge >= 0.3 is 6.18 Å². The van der Waals surface area contributed by atoms with E-state index in [-0.39, 0.29) is 29.2 Å². The van der Waals surface area contributed by atoms with Crippen LogP contribution in [0.25, 0.3) is 10.9 Å². The number of nitrogens with zero attached hydrogens (tertiary/aromatic N) is 2. The fraction of sp³-hybridized carbons (Fsp3) is 0.529. The van der Waals surface area contributed by atoms with Crippen molar-refractivity contribution in [3.05, 3.63) is 18.0 Å². The zero-order chi connectivity index (χ0) is 18.9. The van der Waals surface area contributed by atoms with Gasteiger partial charge in [-0.25, -0.2) is 9.97 Å². The van der Waals surface area contributed by atoms with Crippen LogP contribution in [-0.2, 0) is 6.18 Å². The first kappa shape index (κ1) is 18.5. The Morgan fingerprint density at radius 2 is 1.77 bits per heavy atom. The van der Waals surface area contributed by atoms with E-state index in [9.17, 15) is 18.3 Å². The topological polar surface area (TPSA) is 76.5 Å². The third-order valence-electron chi connectivity index (χ3n) is 4.50. The predicted octanol–water partition coefficient (Wildman–Crippen LogP) is 3.38. The lowest BCUT2D eigenvalue weighted by molar-refractivity contribution is -0.144. The highest BCUT2D eigenvalue weighted by Gasteiger charge is 2.36. The maximum absolute atomic E-state index is 13.3. The van der Waals surface area contributed by atoms with E-state index in [1.54, 1.807) is 12.1 Å². The number of benzene rings is 1. The first-order valence-electron chi connectivity index (χ1n) is 8.28. The number of alkyl halides is 3. The van der Waals surface area contributed by atoms with Crippen LogP contribution in [0.4, 0.5) is 19.0 Å². The molecule has 0 aliphatic heterocycles. The Morgan fingerprint density at radius 3 is 2.35 bits per heavy atom. The van der Waals surface area contributed by atoms with Gasteiger partial charge in [-0.2, -0.15) is 13.2 Å². The molecule has 142 valence electrons. The Morgan fingerprint density at radius 1 is 1.08 bits per heavy atom. The van der Waals surface area contributed by atoms with Gasteiger partial charge in [0.15, 0.2) is 11.5 Å². The molecule has 1 aromatic heterocycles. The second-order valence-corrected chi connectivity index (χ2v) is 6.24. The van der Waals surface area contributed by atoms with Crippen LogP contribution in [0.5, 0.6) is 11.5 Å². The van der Waals surface area contributed by atoms with E-state index in [2.05, 4.69) is 15.3 Å². The molecule has 0 spiro atoms. The van der Waals surface area contributed by atoms with E-state index >= 15 is 0 Å². The summed E-state index contributed by atoms with van der Waals surface area (Å²) >= 11 is 0. The van der Waals surface area contributed by atoms with E-state index in [0.29, 0.717) is 36.8 Å². The van der Waals surface area contributed by atoms with Crippen molar-refractivity contribution >= 4 is 16.7 Å². The highest BCUT2D eigenvalue weighted by atomic mass is 19.4. The molecule has 6 nitrogen and oxygen atoms in total. The fourth-order valence-corrected chi connectivity index (χ4v) is 3.16. The number of halogens is 3. The van der Waals surface area contributed by atoms with Gasteiger partial charge in [0.05, 0.1) is 20.3 Å². The first-order valence-corrected chi connectivity index (χ1v) is 8.28. The third kappa shape index (κ3) is 3.62. The monoisotopic (exact) mass is 371 g/mol. The molecule has 2 aromatic rings. The molecule has 0 bridgehead atoms. The molecular weight excluding hydrogens is 351 g/mol. The summed E-state index contributed by atoms with van der Waals surface area (Å²) in [6, 6.07) is 3.15. The number of aromatic nitrogens is 2. The number of anilines is 1. The van der Waals surface area contributed by atoms with Crippen molar-refractivity contribution in [1.82, 2.24) is 9.97 Å². The van der Waals surface area contributed by atoms with E-state index in [4.69, 9.17) is 9.47 Å². The van der Waals surface area contributed by atoms with Gasteiger partial charge in [-0.05, 0) is 37.8 Å². The summed E-state index contributed by atoms with van der Waals surface area (Å²) < 4.78 is 50.2. The molecule has 1 aliphatic carbocycles. The molecule has 1 aliphatic rings. The lowest BCUT2D eigenvalue weighted by Crippen LogP contribution is -2.29. The molecule has 1 heterocycles. The molecule has 0 radical (unpaired) electrons. The van der Waals surface area contributed by atoms with E-state index in [1.807, 2.05) is 0 Å². The quantitative estimate of drug-likeness (QED) is 0.858. The second kappa shape index (κ2) is 7.14. The van der Waals surface area contributed by atoms with E-state index in [0.717, 1.165) is 0 Å². The average Bonchev–Trinajstić information content (AvgIpc) is 2.61. The Bertz CT molecular complexity index is 790. The largest absolute Gasteiger partial charge is 0.493 e. The highest BCUT2D eigenvalue weighted by molar-refractivity contribution is 5.95. The number of aliphatic hydroxyl groups is 1. The minimum absolute atomic E-state index is 0.0347. The van der Waals surface area contributed by atoms with Crippen LogP contribution < -0.4 is 14.8 Å². The second-order valence-electron chi connectivity index (χ2n) is 6.24. The molecule has 3 rings (SSSR count). The minimum atomic E-state index is -4.69. The average molecular weight is 371 g/mol. The summed E-state index contributed by atoms with van der Waals surface area (Å²) in [5.74, 6) is -0.724. The van der Waals surface area contributed by atoms with Gasteiger partial charge in [0.2, 0.25) is 5.82 Å². The maximum atomic E-state index is 13.3. The molecule has 0 atom stereocenters. The summed E-state index contributed by atoms with van der Waals surface area (Å²) in [6.07, 6.45) is -2.54. The Balaban J connectivity index is 2.11. The number of rotatable bonds is 4. The van der Waals surface area contributed by atoms with Crippen molar-refractivity contribution in [2.45, 2.75) is 44.0 Å². The van der Waals surface area contributed by atoms with Crippen molar-refractivity contribution in [1.29, 1.82) is 0 Å². The van der Waals surface area contributed by atoms with Gasteiger partial charge in [-0.1, -0.05) is 0 Å². The van der Waals surface area contributed by atoms with Gasteiger partial charge in [0.25, 0.3) is 0 Å². The summed E-state index contributed by atoms with van der Waals surface area (Å²) in [7, 11) is 2.75. The van der Waals surface area contributed by atoms with E-state index in [1.165, 1.54) is 14.2 Å². The van der Waals surface area contributed by atoms with Gasteiger partial charge < -0.3 is 19.9 Å². The molecule has 0 amide bonds. The smallest absolute Gasteiger partial charge is 0.451 e. The van der Waals surface area contributed by atoms with Gasteiger partial charge in [0.1, 0.15) is 11.3 Å². The molecule has 26 heavy (non-hydrogen) atoms. The number of hydrogen-bond donors (Lipinski definition) is 2. The molecule has 0 unspecified atom stereocenters. The zero-order valence-electron chi connectivity index (χ0n) is 14.4. The number of methoxy groups -OCH3 is 2. The number of fused-ring (bicyclic) bond motifs is 1. The summed E-state index contributed by atoms with van der Waals surface area (Å²) in [4.78, 5) is 7.38. The third-order valence-corrected chi connectivity index (χ3v) is 4.50. The van der Waals surface area contributed by atoms with Crippen molar-refractivity contribution in [2.75, 3.05) is 19.5 Å².